The van der Waals surface area contributed by atoms with Crippen LogP contribution in [0.2, 0.25) is 0 Å². The Kier molecular flexibility index (Phi) is 7.29. The summed E-state index contributed by atoms with van der Waals surface area (Å²) in [5, 5.41) is 16.1. The van der Waals surface area contributed by atoms with Gasteiger partial charge in [-0.3, -0.25) is 14.4 Å². The van der Waals surface area contributed by atoms with Crippen molar-refractivity contribution in [1.29, 1.82) is 5.26 Å². The van der Waals surface area contributed by atoms with Crippen LogP contribution in [-0.4, -0.2) is 41.5 Å². The highest BCUT2D eigenvalue weighted by molar-refractivity contribution is 5.99. The number of carbonyl (C=O) groups excluding carboxylic acids is 3. The molecule has 8 heteroatoms. The minimum absolute atomic E-state index is 0.0564. The number of nitrogens with zero attached hydrogens (tertiary/aromatic N) is 2. The lowest BCUT2D eigenvalue weighted by molar-refractivity contribution is -0.141. The first kappa shape index (κ1) is 22.3. The van der Waals surface area contributed by atoms with E-state index in [2.05, 4.69) is 15.4 Å². The van der Waals surface area contributed by atoms with Gasteiger partial charge in [0.05, 0.1) is 19.1 Å². The number of hydrogen-bond acceptors (Lipinski definition) is 5. The van der Waals surface area contributed by atoms with Crippen LogP contribution in [-0.2, 0) is 21.4 Å². The quantitative estimate of drug-likeness (QED) is 0.663. The van der Waals surface area contributed by atoms with Gasteiger partial charge in [0.25, 0.3) is 5.91 Å². The first-order chi connectivity index (χ1) is 14.9. The van der Waals surface area contributed by atoms with Crippen LogP contribution in [0.5, 0.6) is 0 Å². The summed E-state index contributed by atoms with van der Waals surface area (Å²) < 4.78 is 6.44. The van der Waals surface area contributed by atoms with E-state index in [1.54, 1.807) is 0 Å². The number of aryl methyl sites for hydroxylation is 1. The Labute approximate surface area is 181 Å². The Balaban J connectivity index is 1.67. The summed E-state index contributed by atoms with van der Waals surface area (Å²) in [6.07, 6.45) is 3.40. The third-order valence-corrected chi connectivity index (χ3v) is 5.94. The second-order valence-electron chi connectivity index (χ2n) is 7.92. The minimum Gasteiger partial charge on any atom is -0.469 e. The van der Waals surface area contributed by atoms with Gasteiger partial charge in [0, 0.05) is 30.4 Å². The molecule has 3 atom stereocenters. The number of ether oxygens (including phenoxy) is 1. The number of para-hydroxylation sites is 1. The molecule has 1 aliphatic carbocycles. The summed E-state index contributed by atoms with van der Waals surface area (Å²) in [6, 6.07) is 10.6. The molecule has 2 amide bonds. The molecule has 0 unspecified atom stereocenters. The smallest absolute Gasteiger partial charge is 0.305 e. The first-order valence-electron chi connectivity index (χ1n) is 10.6. The third-order valence-electron chi connectivity index (χ3n) is 5.94. The number of benzene rings is 1. The number of fused-ring (bicyclic) bond motifs is 1. The molecular weight excluding hydrogens is 396 g/mol. The standard InChI is InChI=1S/C23H28N4O4/c1-27-19-10-6-3-7-15(19)13-20(27)23(30)26-18-9-5-4-8-17(18)22(29)25-16(14-24)11-12-21(28)31-2/h3,6-7,10,13,16-18H,4-5,8-9,11-12H2,1-2H3,(H,25,29)(H,26,30)/t16-,17+,18-/m0/s1. The molecule has 0 bridgehead atoms. The molecule has 2 N–H and O–H groups in total. The van der Waals surface area contributed by atoms with Crippen LogP contribution < -0.4 is 10.6 Å². The maximum Gasteiger partial charge on any atom is 0.305 e. The number of hydrogen-bond donors (Lipinski definition) is 2. The molecule has 8 nitrogen and oxygen atoms in total. The molecule has 1 fully saturated rings. The number of esters is 1. The lowest BCUT2D eigenvalue weighted by Crippen LogP contribution is -2.50. The highest BCUT2D eigenvalue weighted by atomic mass is 16.5. The second kappa shape index (κ2) is 10.1. The fourth-order valence-corrected chi connectivity index (χ4v) is 4.18. The van der Waals surface area contributed by atoms with Crippen LogP contribution in [0.25, 0.3) is 10.9 Å². The van der Waals surface area contributed by atoms with Crippen molar-refractivity contribution >= 4 is 28.7 Å². The van der Waals surface area contributed by atoms with Gasteiger partial charge >= 0.3 is 5.97 Å². The number of nitrogens with one attached hydrogen (secondary N) is 2. The van der Waals surface area contributed by atoms with E-state index in [0.717, 1.165) is 23.7 Å². The molecule has 1 saturated carbocycles. The highest BCUT2D eigenvalue weighted by Gasteiger charge is 2.33. The lowest BCUT2D eigenvalue weighted by Gasteiger charge is -2.31. The summed E-state index contributed by atoms with van der Waals surface area (Å²) in [7, 11) is 3.13. The van der Waals surface area contributed by atoms with Gasteiger partial charge in [-0.1, -0.05) is 31.0 Å². The zero-order valence-electron chi connectivity index (χ0n) is 17.9. The molecule has 0 spiro atoms. The van der Waals surface area contributed by atoms with Crippen molar-refractivity contribution in [3.8, 4) is 6.07 Å². The second-order valence-corrected chi connectivity index (χ2v) is 7.92. The van der Waals surface area contributed by atoms with Gasteiger partial charge in [0.15, 0.2) is 0 Å². The number of carbonyl (C=O) groups is 3. The molecule has 3 rings (SSSR count). The Morgan fingerprint density at radius 2 is 2.00 bits per heavy atom. The van der Waals surface area contributed by atoms with Crippen LogP contribution in [0.4, 0.5) is 0 Å². The Morgan fingerprint density at radius 1 is 1.26 bits per heavy atom. The van der Waals surface area contributed by atoms with Crippen LogP contribution in [0, 0.1) is 17.2 Å². The fraction of sp³-hybridized carbons (Fsp3) is 0.478. The van der Waals surface area contributed by atoms with E-state index < -0.39 is 17.9 Å². The predicted octanol–water partition coefficient (Wildman–Crippen LogP) is 2.43. The van der Waals surface area contributed by atoms with E-state index in [1.807, 2.05) is 48.0 Å². The minimum atomic E-state index is -0.775. The molecular formula is C23H28N4O4. The molecule has 31 heavy (non-hydrogen) atoms. The van der Waals surface area contributed by atoms with E-state index in [0.29, 0.717) is 18.5 Å². The Bertz CT molecular complexity index is 1010. The van der Waals surface area contributed by atoms with Gasteiger partial charge in [-0.15, -0.1) is 0 Å². The molecule has 164 valence electrons. The van der Waals surface area contributed by atoms with Gasteiger partial charge in [0.2, 0.25) is 5.91 Å². The molecule has 1 aromatic carbocycles. The van der Waals surface area contributed by atoms with Gasteiger partial charge in [0.1, 0.15) is 11.7 Å². The Morgan fingerprint density at radius 3 is 2.71 bits per heavy atom. The molecule has 0 radical (unpaired) electrons. The topological polar surface area (TPSA) is 113 Å². The van der Waals surface area contributed by atoms with Crippen LogP contribution in [0.3, 0.4) is 0 Å². The molecule has 2 aromatic rings. The van der Waals surface area contributed by atoms with E-state index in [9.17, 15) is 19.6 Å². The first-order valence-corrected chi connectivity index (χ1v) is 10.6. The van der Waals surface area contributed by atoms with E-state index >= 15 is 0 Å². The van der Waals surface area contributed by atoms with Crippen molar-refractivity contribution in [3.63, 3.8) is 0 Å². The molecule has 1 aliphatic rings. The van der Waals surface area contributed by atoms with Crippen molar-refractivity contribution in [2.75, 3.05) is 7.11 Å². The number of methoxy groups -OCH3 is 1. The summed E-state index contributed by atoms with van der Waals surface area (Å²) in [5.74, 6) is -1.32. The molecule has 0 aliphatic heterocycles. The highest BCUT2D eigenvalue weighted by Crippen LogP contribution is 2.26. The molecule has 0 saturated heterocycles. The predicted molar refractivity (Wildman–Crippen MR) is 115 cm³/mol. The summed E-state index contributed by atoms with van der Waals surface area (Å²) in [5.41, 5.74) is 1.51. The van der Waals surface area contributed by atoms with Gasteiger partial charge in [-0.25, -0.2) is 0 Å². The number of amides is 2. The summed E-state index contributed by atoms with van der Waals surface area (Å²) >= 11 is 0. The largest absolute Gasteiger partial charge is 0.469 e. The number of aromatic nitrogens is 1. The van der Waals surface area contributed by atoms with Crippen LogP contribution in [0.1, 0.15) is 49.0 Å². The average molecular weight is 425 g/mol. The van der Waals surface area contributed by atoms with Gasteiger partial charge in [-0.05, 0) is 31.4 Å². The van der Waals surface area contributed by atoms with Crippen LogP contribution in [0.15, 0.2) is 30.3 Å². The summed E-state index contributed by atoms with van der Waals surface area (Å²) in [6.45, 7) is 0. The van der Waals surface area contributed by atoms with E-state index in [1.165, 1.54) is 7.11 Å². The monoisotopic (exact) mass is 424 g/mol. The average Bonchev–Trinajstić information content (AvgIpc) is 3.13. The van der Waals surface area contributed by atoms with Gasteiger partial charge < -0.3 is 19.9 Å². The molecule has 1 aromatic heterocycles. The lowest BCUT2D eigenvalue weighted by atomic mass is 9.83. The number of rotatable bonds is 7. The van der Waals surface area contributed by atoms with E-state index in [4.69, 9.17) is 0 Å². The zero-order valence-corrected chi connectivity index (χ0v) is 17.9. The van der Waals surface area contributed by atoms with Crippen molar-refractivity contribution in [2.24, 2.45) is 13.0 Å². The van der Waals surface area contributed by atoms with Crippen molar-refractivity contribution in [3.05, 3.63) is 36.0 Å². The van der Waals surface area contributed by atoms with Crippen molar-refractivity contribution in [1.82, 2.24) is 15.2 Å². The Hall–Kier alpha value is -3.34. The van der Waals surface area contributed by atoms with Crippen molar-refractivity contribution < 1.29 is 19.1 Å². The van der Waals surface area contributed by atoms with E-state index in [-0.39, 0.29) is 30.7 Å². The maximum absolute atomic E-state index is 13.0. The van der Waals surface area contributed by atoms with Crippen molar-refractivity contribution in [2.45, 2.75) is 50.6 Å². The number of nitriles is 1. The maximum atomic E-state index is 13.0. The zero-order chi connectivity index (χ0) is 22.4. The third kappa shape index (κ3) is 5.23. The van der Waals surface area contributed by atoms with Gasteiger partial charge in [-0.2, -0.15) is 5.26 Å². The normalized spacial score (nSPS) is 19.3. The SMILES string of the molecule is COC(=O)CC[C@@H](C#N)NC(=O)[C@@H]1CCCC[C@@H]1NC(=O)c1cc2ccccc2n1C. The van der Waals surface area contributed by atoms with Crippen LogP contribution >= 0.6 is 0 Å². The fourth-order valence-electron chi connectivity index (χ4n) is 4.18. The molecule has 1 heterocycles. The summed E-state index contributed by atoms with van der Waals surface area (Å²) in [4.78, 5) is 37.2.